The van der Waals surface area contributed by atoms with Gasteiger partial charge >= 0.3 is 0 Å². The van der Waals surface area contributed by atoms with Crippen molar-refractivity contribution >= 4 is 0 Å². The molecule has 1 fully saturated rings. The van der Waals surface area contributed by atoms with Crippen LogP contribution in [0.4, 0.5) is 4.39 Å². The van der Waals surface area contributed by atoms with Gasteiger partial charge in [0.15, 0.2) is 0 Å². The van der Waals surface area contributed by atoms with Crippen LogP contribution in [0, 0.1) is 11.7 Å². The molecule has 0 spiro atoms. The fourth-order valence-corrected chi connectivity index (χ4v) is 2.73. The predicted octanol–water partition coefficient (Wildman–Crippen LogP) is 2.97. The molecule has 4 nitrogen and oxygen atoms in total. The third kappa shape index (κ3) is 2.88. The fraction of sp³-hybridized carbons (Fsp3) is 0.467. The number of hydrogen-bond donors (Lipinski definition) is 1. The van der Waals surface area contributed by atoms with Gasteiger partial charge in [0.05, 0.1) is 6.10 Å². The first kappa shape index (κ1) is 13.2. The van der Waals surface area contributed by atoms with Crippen molar-refractivity contribution < 1.29 is 14.0 Å². The van der Waals surface area contributed by atoms with Gasteiger partial charge in [-0.2, -0.15) is 4.98 Å². The van der Waals surface area contributed by atoms with Crippen LogP contribution in [0.15, 0.2) is 28.8 Å². The van der Waals surface area contributed by atoms with Gasteiger partial charge in [0, 0.05) is 12.0 Å². The Morgan fingerprint density at radius 3 is 2.95 bits per heavy atom. The van der Waals surface area contributed by atoms with Gasteiger partial charge < -0.3 is 9.63 Å². The molecular formula is C15H17FN2O2. The van der Waals surface area contributed by atoms with Crippen molar-refractivity contribution in [1.29, 1.82) is 0 Å². The molecule has 2 aromatic rings. The lowest BCUT2D eigenvalue weighted by atomic mass is 9.84. The smallest absolute Gasteiger partial charge is 0.227 e. The quantitative estimate of drug-likeness (QED) is 0.936. The first-order valence-electron chi connectivity index (χ1n) is 6.99. The molecule has 0 saturated heterocycles. The van der Waals surface area contributed by atoms with Gasteiger partial charge in [-0.1, -0.05) is 30.1 Å². The molecule has 0 radical (unpaired) electrons. The molecule has 20 heavy (non-hydrogen) atoms. The van der Waals surface area contributed by atoms with E-state index < -0.39 is 0 Å². The van der Waals surface area contributed by atoms with Gasteiger partial charge in [-0.3, -0.25) is 0 Å². The zero-order valence-corrected chi connectivity index (χ0v) is 11.1. The molecule has 1 aliphatic rings. The summed E-state index contributed by atoms with van der Waals surface area (Å²) in [5.41, 5.74) is 0.601. The predicted molar refractivity (Wildman–Crippen MR) is 71.4 cm³/mol. The Morgan fingerprint density at radius 2 is 2.15 bits per heavy atom. The second-order valence-electron chi connectivity index (χ2n) is 5.34. The zero-order valence-electron chi connectivity index (χ0n) is 11.1. The van der Waals surface area contributed by atoms with Gasteiger partial charge in [-0.25, -0.2) is 4.39 Å². The van der Waals surface area contributed by atoms with Gasteiger partial charge in [0.1, 0.15) is 5.82 Å². The zero-order chi connectivity index (χ0) is 13.9. The van der Waals surface area contributed by atoms with E-state index >= 15 is 0 Å². The number of hydrogen-bond acceptors (Lipinski definition) is 4. The highest BCUT2D eigenvalue weighted by Crippen LogP contribution is 2.27. The molecule has 2 atom stereocenters. The maximum absolute atomic E-state index is 13.2. The Morgan fingerprint density at radius 1 is 1.30 bits per heavy atom. The Balaban J connectivity index is 1.73. The number of benzene rings is 1. The number of nitrogens with zero attached hydrogens (tertiary/aromatic N) is 2. The van der Waals surface area contributed by atoms with Crippen molar-refractivity contribution in [2.24, 2.45) is 5.92 Å². The second-order valence-corrected chi connectivity index (χ2v) is 5.34. The van der Waals surface area contributed by atoms with Crippen molar-refractivity contribution in [3.63, 3.8) is 0 Å². The Bertz CT molecular complexity index is 585. The highest BCUT2D eigenvalue weighted by atomic mass is 19.1. The molecule has 0 aliphatic heterocycles. The molecule has 106 valence electrons. The first-order chi connectivity index (χ1) is 9.72. The normalized spacial score (nSPS) is 22.9. The summed E-state index contributed by atoms with van der Waals surface area (Å²) in [6, 6.07) is 6.12. The molecular weight excluding hydrogens is 259 g/mol. The lowest BCUT2D eigenvalue weighted by molar-refractivity contribution is 0.0657. The number of halogens is 1. The molecule has 1 aromatic carbocycles. The van der Waals surface area contributed by atoms with Crippen LogP contribution in [-0.4, -0.2) is 21.4 Å². The largest absolute Gasteiger partial charge is 0.393 e. The number of rotatable bonds is 3. The fourth-order valence-electron chi connectivity index (χ4n) is 2.73. The van der Waals surface area contributed by atoms with Crippen LogP contribution >= 0.6 is 0 Å². The van der Waals surface area contributed by atoms with Gasteiger partial charge in [0.2, 0.25) is 11.7 Å². The molecule has 0 amide bonds. The molecule has 2 unspecified atom stereocenters. The number of aliphatic hydroxyl groups excluding tert-OH is 1. The third-order valence-electron chi connectivity index (χ3n) is 3.86. The molecule has 5 heteroatoms. The molecule has 1 saturated carbocycles. The van der Waals surface area contributed by atoms with Crippen LogP contribution in [-0.2, 0) is 6.42 Å². The summed E-state index contributed by atoms with van der Waals surface area (Å²) >= 11 is 0. The summed E-state index contributed by atoms with van der Waals surface area (Å²) in [5, 5.41) is 13.8. The van der Waals surface area contributed by atoms with E-state index in [0.29, 0.717) is 23.7 Å². The maximum Gasteiger partial charge on any atom is 0.227 e. The van der Waals surface area contributed by atoms with Crippen LogP contribution in [0.5, 0.6) is 0 Å². The van der Waals surface area contributed by atoms with Crippen LogP contribution in [0.25, 0.3) is 11.4 Å². The Hall–Kier alpha value is -1.75. The van der Waals surface area contributed by atoms with Crippen molar-refractivity contribution in [3.05, 3.63) is 36.0 Å². The minimum Gasteiger partial charge on any atom is -0.393 e. The van der Waals surface area contributed by atoms with Gasteiger partial charge in [-0.15, -0.1) is 0 Å². The number of aromatic nitrogens is 2. The van der Waals surface area contributed by atoms with Gasteiger partial charge in [-0.05, 0) is 30.9 Å². The monoisotopic (exact) mass is 276 g/mol. The Kier molecular flexibility index (Phi) is 3.78. The van der Waals surface area contributed by atoms with Crippen LogP contribution in [0.1, 0.15) is 31.6 Å². The molecule has 0 bridgehead atoms. The molecule has 3 rings (SSSR count). The number of aliphatic hydroxyl groups is 1. The summed E-state index contributed by atoms with van der Waals surface area (Å²) in [6.07, 6.45) is 4.34. The standard InChI is InChI=1S/C15H17FN2O2/c16-12-6-3-5-11(8-12)15-17-14(20-18-15)9-10-4-1-2-7-13(10)19/h3,5-6,8,10,13,19H,1-2,4,7,9H2. The van der Waals surface area contributed by atoms with Crippen LogP contribution in [0.2, 0.25) is 0 Å². The van der Waals surface area contributed by atoms with Crippen LogP contribution in [0.3, 0.4) is 0 Å². The second kappa shape index (κ2) is 5.71. The Labute approximate surface area is 116 Å². The third-order valence-corrected chi connectivity index (χ3v) is 3.86. The summed E-state index contributed by atoms with van der Waals surface area (Å²) in [7, 11) is 0. The average molecular weight is 276 g/mol. The molecule has 1 N–H and O–H groups in total. The van der Waals surface area contributed by atoms with Crippen molar-refractivity contribution in [2.75, 3.05) is 0 Å². The van der Waals surface area contributed by atoms with E-state index in [1.54, 1.807) is 12.1 Å². The van der Waals surface area contributed by atoms with E-state index in [1.165, 1.54) is 12.1 Å². The minimum atomic E-state index is -0.323. The van der Waals surface area contributed by atoms with E-state index in [9.17, 15) is 9.50 Å². The summed E-state index contributed by atoms with van der Waals surface area (Å²) < 4.78 is 18.4. The first-order valence-corrected chi connectivity index (χ1v) is 6.99. The summed E-state index contributed by atoms with van der Waals surface area (Å²) in [6.45, 7) is 0. The average Bonchev–Trinajstić information content (AvgIpc) is 2.90. The van der Waals surface area contributed by atoms with Gasteiger partial charge in [0.25, 0.3) is 0 Å². The maximum atomic E-state index is 13.2. The lowest BCUT2D eigenvalue weighted by Crippen LogP contribution is -2.26. The van der Waals surface area contributed by atoms with Crippen molar-refractivity contribution in [1.82, 2.24) is 10.1 Å². The van der Waals surface area contributed by atoms with Crippen molar-refractivity contribution in [3.8, 4) is 11.4 Å². The van der Waals surface area contributed by atoms with E-state index in [4.69, 9.17) is 4.52 Å². The van der Waals surface area contributed by atoms with Crippen LogP contribution < -0.4 is 0 Å². The topological polar surface area (TPSA) is 59.2 Å². The molecule has 1 aromatic heterocycles. The van der Waals surface area contributed by atoms with E-state index in [2.05, 4.69) is 10.1 Å². The lowest BCUT2D eigenvalue weighted by Gasteiger charge is -2.26. The van der Waals surface area contributed by atoms with Crippen molar-refractivity contribution in [2.45, 2.75) is 38.2 Å². The molecule has 1 heterocycles. The highest BCUT2D eigenvalue weighted by molar-refractivity contribution is 5.53. The summed E-state index contributed by atoms with van der Waals surface area (Å²) in [5.74, 6) is 0.765. The highest BCUT2D eigenvalue weighted by Gasteiger charge is 2.25. The SMILES string of the molecule is OC1CCCCC1Cc1nc(-c2cccc(F)c2)no1. The van der Waals surface area contributed by atoms with E-state index in [-0.39, 0.29) is 17.8 Å². The van der Waals surface area contributed by atoms with E-state index in [0.717, 1.165) is 25.7 Å². The minimum absolute atomic E-state index is 0.185. The van der Waals surface area contributed by atoms with E-state index in [1.807, 2.05) is 0 Å². The summed E-state index contributed by atoms with van der Waals surface area (Å²) in [4.78, 5) is 4.29. The molecule has 1 aliphatic carbocycles.